The highest BCUT2D eigenvalue weighted by molar-refractivity contribution is 5.85. The third kappa shape index (κ3) is 8.23. The molecule has 12 heteroatoms. The first-order chi connectivity index (χ1) is 21.7. The maximum Gasteiger partial charge on any atom is 0.303 e. The van der Waals surface area contributed by atoms with Crippen LogP contribution in [0.2, 0.25) is 0 Å². The van der Waals surface area contributed by atoms with Crippen LogP contribution in [0.4, 0.5) is 13.2 Å². The predicted octanol–water partition coefficient (Wildman–Crippen LogP) is 4.94. The van der Waals surface area contributed by atoms with Crippen LogP contribution in [0.3, 0.4) is 0 Å². The zero-order valence-electron chi connectivity index (χ0n) is 25.4. The first-order valence-corrected chi connectivity index (χ1v) is 15.3. The lowest BCUT2D eigenvalue weighted by Gasteiger charge is -2.41. The fourth-order valence-electron chi connectivity index (χ4n) is 6.50. The summed E-state index contributed by atoms with van der Waals surface area (Å²) in [5, 5.41) is 22.4. The Morgan fingerprint density at radius 2 is 1.78 bits per heavy atom. The van der Waals surface area contributed by atoms with Crippen molar-refractivity contribution in [1.82, 2.24) is 14.8 Å². The second kappa shape index (κ2) is 14.8. The molecule has 9 nitrogen and oxygen atoms in total. The number of aliphatic hydroxyl groups excluding tert-OH is 1. The Labute approximate surface area is 260 Å². The van der Waals surface area contributed by atoms with Gasteiger partial charge in [-0.2, -0.15) is 0 Å². The van der Waals surface area contributed by atoms with Gasteiger partial charge in [-0.05, 0) is 73.5 Å². The van der Waals surface area contributed by atoms with Crippen LogP contribution in [-0.4, -0.2) is 90.6 Å². The zero-order valence-corrected chi connectivity index (χ0v) is 25.4. The van der Waals surface area contributed by atoms with Crippen molar-refractivity contribution < 1.29 is 42.4 Å². The highest BCUT2D eigenvalue weighted by Crippen LogP contribution is 2.42. The molecule has 2 fully saturated rings. The molecule has 244 valence electrons. The number of benzene rings is 2. The smallest absolute Gasteiger partial charge is 0.303 e. The van der Waals surface area contributed by atoms with Crippen LogP contribution >= 0.6 is 0 Å². The lowest BCUT2D eigenvalue weighted by molar-refractivity contribution is -0.141. The SMILES string of the molecule is COc1ccc2ncc(CN3CCOCC3)c([C@H](O)CCC3(CC(=O)O)CCN(CCOc4c(F)cc(F)cc4F)CC3)c2c1. The van der Waals surface area contributed by atoms with Gasteiger partial charge in [0.2, 0.25) is 0 Å². The van der Waals surface area contributed by atoms with E-state index in [-0.39, 0.29) is 13.0 Å². The number of carboxylic acids is 1. The number of pyridine rings is 1. The molecule has 0 spiro atoms. The van der Waals surface area contributed by atoms with Crippen molar-refractivity contribution in [1.29, 1.82) is 0 Å². The van der Waals surface area contributed by atoms with Gasteiger partial charge in [-0.25, -0.2) is 13.2 Å². The quantitative estimate of drug-likeness (QED) is 0.272. The summed E-state index contributed by atoms with van der Waals surface area (Å²) in [5.41, 5.74) is 1.92. The summed E-state index contributed by atoms with van der Waals surface area (Å²) < 4.78 is 57.3. The third-order valence-electron chi connectivity index (χ3n) is 9.04. The van der Waals surface area contributed by atoms with E-state index in [4.69, 9.17) is 14.2 Å². The van der Waals surface area contributed by atoms with Crippen LogP contribution in [0.25, 0.3) is 10.9 Å². The number of morpholine rings is 1. The number of nitrogens with zero attached hydrogens (tertiary/aromatic N) is 3. The number of hydrogen-bond donors (Lipinski definition) is 2. The number of carboxylic acid groups (broad SMARTS) is 1. The van der Waals surface area contributed by atoms with E-state index >= 15 is 0 Å². The van der Waals surface area contributed by atoms with Crippen molar-refractivity contribution in [3.63, 3.8) is 0 Å². The summed E-state index contributed by atoms with van der Waals surface area (Å²) in [6, 6.07) is 6.74. The van der Waals surface area contributed by atoms with Gasteiger partial charge in [-0.15, -0.1) is 0 Å². The molecule has 2 aliphatic rings. The second-order valence-corrected chi connectivity index (χ2v) is 12.0. The van der Waals surface area contributed by atoms with E-state index in [0.29, 0.717) is 83.0 Å². The van der Waals surface area contributed by atoms with Crippen LogP contribution < -0.4 is 9.47 Å². The number of likely N-dealkylation sites (tertiary alicyclic amines) is 1. The molecular weight excluding hydrogens is 591 g/mol. The molecule has 0 saturated carbocycles. The highest BCUT2D eigenvalue weighted by Gasteiger charge is 2.37. The molecule has 0 unspecified atom stereocenters. The first-order valence-electron chi connectivity index (χ1n) is 15.3. The van der Waals surface area contributed by atoms with Gasteiger partial charge >= 0.3 is 5.97 Å². The number of methoxy groups -OCH3 is 1. The van der Waals surface area contributed by atoms with E-state index in [1.54, 1.807) is 7.11 Å². The van der Waals surface area contributed by atoms with Gasteiger partial charge in [-0.1, -0.05) is 0 Å². The molecule has 0 bridgehead atoms. The molecule has 0 amide bonds. The number of hydrogen-bond acceptors (Lipinski definition) is 8. The van der Waals surface area contributed by atoms with Gasteiger partial charge < -0.3 is 24.4 Å². The molecule has 2 N–H and O–H groups in total. The summed E-state index contributed by atoms with van der Waals surface area (Å²) >= 11 is 0. The summed E-state index contributed by atoms with van der Waals surface area (Å²) in [5.74, 6) is -4.06. The van der Waals surface area contributed by atoms with E-state index in [9.17, 15) is 28.2 Å². The fourth-order valence-corrected chi connectivity index (χ4v) is 6.50. The minimum Gasteiger partial charge on any atom is -0.497 e. The number of rotatable bonds is 13. The molecule has 2 aliphatic heterocycles. The zero-order chi connectivity index (χ0) is 32.0. The summed E-state index contributed by atoms with van der Waals surface area (Å²) in [7, 11) is 1.59. The summed E-state index contributed by atoms with van der Waals surface area (Å²) in [6.07, 6.45) is 2.97. The Balaban J connectivity index is 1.27. The van der Waals surface area contributed by atoms with Crippen molar-refractivity contribution in [2.45, 2.75) is 44.8 Å². The monoisotopic (exact) mass is 631 g/mol. The van der Waals surface area contributed by atoms with E-state index in [1.165, 1.54) is 0 Å². The average Bonchev–Trinajstić information content (AvgIpc) is 3.02. The predicted molar refractivity (Wildman–Crippen MR) is 161 cm³/mol. The molecule has 5 rings (SSSR count). The maximum absolute atomic E-state index is 13.9. The minimum atomic E-state index is -1.10. The lowest BCUT2D eigenvalue weighted by atomic mass is 9.71. The van der Waals surface area contributed by atoms with Gasteiger partial charge in [0, 0.05) is 49.9 Å². The van der Waals surface area contributed by atoms with Crippen LogP contribution in [0.5, 0.6) is 11.5 Å². The number of aliphatic carboxylic acids is 1. The van der Waals surface area contributed by atoms with Crippen molar-refractivity contribution in [3.8, 4) is 11.5 Å². The molecule has 3 heterocycles. The largest absolute Gasteiger partial charge is 0.497 e. The number of fused-ring (bicyclic) bond motifs is 1. The Hall–Kier alpha value is -3.45. The second-order valence-electron chi connectivity index (χ2n) is 12.0. The highest BCUT2D eigenvalue weighted by atomic mass is 19.1. The van der Waals surface area contributed by atoms with Crippen LogP contribution in [0.15, 0.2) is 36.5 Å². The van der Waals surface area contributed by atoms with Gasteiger partial charge in [0.25, 0.3) is 0 Å². The Kier molecular flexibility index (Phi) is 10.8. The Bertz CT molecular complexity index is 1450. The number of piperidine rings is 1. The normalized spacial score (nSPS) is 18.2. The van der Waals surface area contributed by atoms with Gasteiger partial charge in [-0.3, -0.25) is 19.6 Å². The van der Waals surface area contributed by atoms with Crippen LogP contribution in [0, 0.1) is 22.9 Å². The van der Waals surface area contributed by atoms with Gasteiger partial charge in [0.1, 0.15) is 18.2 Å². The number of ether oxygens (including phenoxy) is 3. The van der Waals surface area contributed by atoms with Crippen molar-refractivity contribution in [2.75, 3.05) is 59.7 Å². The number of carbonyl (C=O) groups is 1. The van der Waals surface area contributed by atoms with Crippen molar-refractivity contribution in [2.24, 2.45) is 5.41 Å². The van der Waals surface area contributed by atoms with Gasteiger partial charge in [0.15, 0.2) is 17.4 Å². The maximum atomic E-state index is 13.9. The van der Waals surface area contributed by atoms with Crippen molar-refractivity contribution >= 4 is 16.9 Å². The summed E-state index contributed by atoms with van der Waals surface area (Å²) in [6.45, 7) is 4.97. The summed E-state index contributed by atoms with van der Waals surface area (Å²) in [4.78, 5) is 21.0. The number of aliphatic hydroxyl groups is 1. The average molecular weight is 632 g/mol. The molecule has 3 aromatic rings. The third-order valence-corrected chi connectivity index (χ3v) is 9.04. The van der Waals surface area contributed by atoms with E-state index < -0.39 is 40.7 Å². The topological polar surface area (TPSA) is 105 Å². The molecule has 2 aromatic carbocycles. The molecule has 2 saturated heterocycles. The van der Waals surface area contributed by atoms with Crippen LogP contribution in [0.1, 0.15) is 49.3 Å². The number of aromatic nitrogens is 1. The van der Waals surface area contributed by atoms with Gasteiger partial charge in [0.05, 0.1) is 38.4 Å². The minimum absolute atomic E-state index is 0.00534. The number of halogens is 3. The first kappa shape index (κ1) is 32.9. The molecule has 45 heavy (non-hydrogen) atoms. The van der Waals surface area contributed by atoms with E-state index in [2.05, 4.69) is 14.8 Å². The molecule has 0 radical (unpaired) electrons. The molecule has 0 aliphatic carbocycles. The molecule has 1 atom stereocenters. The van der Waals surface area contributed by atoms with E-state index in [1.807, 2.05) is 24.4 Å². The Morgan fingerprint density at radius 1 is 1.07 bits per heavy atom. The fraction of sp³-hybridized carbons (Fsp3) is 0.515. The lowest BCUT2D eigenvalue weighted by Crippen LogP contribution is -2.43. The Morgan fingerprint density at radius 3 is 2.44 bits per heavy atom. The molecular formula is C33H40F3N3O6. The van der Waals surface area contributed by atoms with Crippen molar-refractivity contribution in [3.05, 3.63) is 65.1 Å². The van der Waals surface area contributed by atoms with Crippen LogP contribution in [-0.2, 0) is 16.1 Å². The standard InChI is InChI=1S/C33H40F3N3O6/c1-43-24-2-3-28-25(18-24)31(22(20-37-28)21-39-10-13-44-14-11-39)29(40)4-5-33(19-30(41)42)6-8-38(9-7-33)12-15-45-32-26(35)16-23(34)17-27(32)36/h2-3,16-18,20,29,40H,4-15,19,21H2,1H3,(H,41,42)/t29-/m1/s1. The molecule has 1 aromatic heterocycles. The van der Waals surface area contributed by atoms with E-state index in [0.717, 1.165) is 35.1 Å².